The van der Waals surface area contributed by atoms with Crippen molar-refractivity contribution in [3.05, 3.63) is 70.8 Å². The molecule has 0 saturated carbocycles. The molecule has 1 amide bonds. The molecular weight excluding hydrogens is 498 g/mol. The number of benzene rings is 2. The number of anilines is 2. The van der Waals surface area contributed by atoms with Gasteiger partial charge in [-0.2, -0.15) is 26.3 Å². The van der Waals surface area contributed by atoms with E-state index in [-0.39, 0.29) is 29.2 Å². The third-order valence-electron chi connectivity index (χ3n) is 3.94. The van der Waals surface area contributed by atoms with Gasteiger partial charge in [0, 0.05) is 18.2 Å². The van der Waals surface area contributed by atoms with Crippen molar-refractivity contribution in [3.63, 3.8) is 0 Å². The predicted molar refractivity (Wildman–Crippen MR) is 96.1 cm³/mol. The molecular formula is C15H5ClF6N4O7. The topological polar surface area (TPSA) is 150 Å². The van der Waals surface area contributed by atoms with Gasteiger partial charge in [0.2, 0.25) is 12.1 Å². The highest BCUT2D eigenvalue weighted by atomic mass is 35.5. The Kier molecular flexibility index (Phi) is 6.49. The van der Waals surface area contributed by atoms with Crippen LogP contribution in [-0.4, -0.2) is 21.2 Å². The Bertz CT molecular complexity index is 1150. The van der Waals surface area contributed by atoms with E-state index in [0.29, 0.717) is 0 Å². The van der Waals surface area contributed by atoms with E-state index in [1.807, 2.05) is 0 Å². The minimum Gasteiger partial charge on any atom is -0.278 e. The van der Waals surface area contributed by atoms with Gasteiger partial charge >= 0.3 is 23.7 Å². The number of hydrogen-bond acceptors (Lipinski definition) is 7. The Morgan fingerprint density at radius 1 is 0.727 bits per heavy atom. The molecule has 0 aliphatic rings. The van der Waals surface area contributed by atoms with E-state index in [9.17, 15) is 61.5 Å². The first kappa shape index (κ1) is 25.2. The quantitative estimate of drug-likeness (QED) is 0.222. The number of rotatable bonds is 6. The number of nitro benzene ring substituents is 3. The number of carbonyl (C=O) groups excluding carboxylic acids is 1. The molecule has 0 aliphatic heterocycles. The van der Waals surface area contributed by atoms with Crippen molar-refractivity contribution in [2.75, 3.05) is 4.90 Å². The van der Waals surface area contributed by atoms with Crippen molar-refractivity contribution in [1.29, 1.82) is 0 Å². The highest BCUT2D eigenvalue weighted by Crippen LogP contribution is 2.49. The highest BCUT2D eigenvalue weighted by Gasteiger charge is 2.42. The Labute approximate surface area is 181 Å². The Balaban J connectivity index is 3.03. The number of hydrogen-bond donors (Lipinski definition) is 0. The molecule has 0 aliphatic carbocycles. The Morgan fingerprint density at radius 2 is 1.06 bits per heavy atom. The fourth-order valence-corrected chi connectivity index (χ4v) is 2.94. The van der Waals surface area contributed by atoms with Gasteiger partial charge in [-0.05, 0) is 6.07 Å². The van der Waals surface area contributed by atoms with Gasteiger partial charge in [0.05, 0.1) is 30.9 Å². The van der Waals surface area contributed by atoms with Gasteiger partial charge in [-0.25, -0.2) is 0 Å². The summed E-state index contributed by atoms with van der Waals surface area (Å²) in [5, 5.41) is 32.9. The number of alkyl halides is 6. The average Bonchev–Trinajstić information content (AvgIpc) is 2.66. The van der Waals surface area contributed by atoms with Crippen molar-refractivity contribution in [2.24, 2.45) is 0 Å². The second-order valence-electron chi connectivity index (χ2n) is 5.93. The van der Waals surface area contributed by atoms with Crippen LogP contribution in [0.4, 0.5) is 54.8 Å². The standard InChI is InChI=1S/C15H5ClF6N4O7/c16-8-1-6(14(17,18)19)2-9(24(28)29)12(8)23(5-27)13-10(25(30)31)3-7(15(20,21)22)4-11(13)26(32)33/h1-5H. The monoisotopic (exact) mass is 502 g/mol. The molecule has 0 unspecified atom stereocenters. The minimum atomic E-state index is -5.32. The van der Waals surface area contributed by atoms with Crippen LogP contribution in [0.25, 0.3) is 0 Å². The second kappa shape index (κ2) is 8.49. The smallest absolute Gasteiger partial charge is 0.278 e. The van der Waals surface area contributed by atoms with Gasteiger partial charge in [0.1, 0.15) is 5.69 Å². The molecule has 0 N–H and O–H groups in total. The van der Waals surface area contributed by atoms with E-state index in [1.165, 1.54) is 0 Å². The van der Waals surface area contributed by atoms with E-state index in [1.54, 1.807) is 0 Å². The lowest BCUT2D eigenvalue weighted by atomic mass is 10.1. The summed E-state index contributed by atoms with van der Waals surface area (Å²) in [7, 11) is 0. The fourth-order valence-electron chi connectivity index (χ4n) is 2.64. The molecule has 2 rings (SSSR count). The van der Waals surface area contributed by atoms with Crippen LogP contribution >= 0.6 is 11.6 Å². The molecule has 0 aromatic heterocycles. The number of carbonyl (C=O) groups is 1. The zero-order chi connectivity index (χ0) is 25.5. The summed E-state index contributed by atoms with van der Waals surface area (Å²) in [6, 6.07) is -0.410. The van der Waals surface area contributed by atoms with Gasteiger partial charge in [-0.15, -0.1) is 0 Å². The second-order valence-corrected chi connectivity index (χ2v) is 6.34. The van der Waals surface area contributed by atoms with Crippen molar-refractivity contribution >= 4 is 46.4 Å². The van der Waals surface area contributed by atoms with Crippen LogP contribution in [0.2, 0.25) is 5.02 Å². The summed E-state index contributed by atoms with van der Waals surface area (Å²) in [4.78, 5) is 41.0. The van der Waals surface area contributed by atoms with E-state index in [0.717, 1.165) is 0 Å². The summed E-state index contributed by atoms with van der Waals surface area (Å²) in [6.07, 6.45) is -11.0. The van der Waals surface area contributed by atoms with Gasteiger partial charge < -0.3 is 0 Å². The van der Waals surface area contributed by atoms with Crippen LogP contribution in [-0.2, 0) is 17.1 Å². The lowest BCUT2D eigenvalue weighted by Crippen LogP contribution is -2.21. The first-order valence-corrected chi connectivity index (χ1v) is 8.22. The largest absolute Gasteiger partial charge is 0.416 e. The molecule has 0 bridgehead atoms. The lowest BCUT2D eigenvalue weighted by molar-refractivity contribution is -0.393. The van der Waals surface area contributed by atoms with Crippen molar-refractivity contribution in [2.45, 2.75) is 12.4 Å². The first-order chi connectivity index (χ1) is 15.0. The SMILES string of the molecule is O=CN(c1c(Cl)cc(C(F)(F)F)cc1[N+](=O)[O-])c1c([N+](=O)[O-])cc(C(F)(F)F)cc1[N+](=O)[O-]. The normalized spacial score (nSPS) is 11.7. The third-order valence-corrected chi connectivity index (χ3v) is 4.23. The number of nitrogens with zero attached hydrogens (tertiary/aromatic N) is 4. The maximum Gasteiger partial charge on any atom is 0.416 e. The van der Waals surface area contributed by atoms with Gasteiger partial charge in [0.25, 0.3) is 5.69 Å². The van der Waals surface area contributed by atoms with Crippen LogP contribution in [0.3, 0.4) is 0 Å². The highest BCUT2D eigenvalue weighted by molar-refractivity contribution is 6.34. The Morgan fingerprint density at radius 3 is 1.36 bits per heavy atom. The fraction of sp³-hybridized carbons (Fsp3) is 0.133. The van der Waals surface area contributed by atoms with Crippen molar-refractivity contribution in [1.82, 2.24) is 0 Å². The van der Waals surface area contributed by atoms with Crippen LogP contribution < -0.4 is 4.90 Å². The predicted octanol–water partition coefficient (Wildman–Crippen LogP) is 5.40. The molecule has 18 heteroatoms. The number of amides is 1. The summed E-state index contributed by atoms with van der Waals surface area (Å²) >= 11 is 5.65. The minimum absolute atomic E-state index is 0.0855. The zero-order valence-electron chi connectivity index (χ0n) is 15.2. The molecule has 33 heavy (non-hydrogen) atoms. The maximum absolute atomic E-state index is 13.1. The van der Waals surface area contributed by atoms with Crippen molar-refractivity contribution < 1.29 is 45.9 Å². The summed E-state index contributed by atoms with van der Waals surface area (Å²) in [6.45, 7) is 0. The molecule has 0 atom stereocenters. The van der Waals surface area contributed by atoms with E-state index >= 15 is 0 Å². The molecule has 11 nitrogen and oxygen atoms in total. The van der Waals surface area contributed by atoms with Crippen LogP contribution in [0.15, 0.2) is 24.3 Å². The van der Waals surface area contributed by atoms with E-state index < -0.39 is 78.1 Å². The van der Waals surface area contributed by atoms with Gasteiger partial charge in [-0.3, -0.25) is 40.0 Å². The lowest BCUT2D eigenvalue weighted by Gasteiger charge is -2.20. The summed E-state index contributed by atoms with van der Waals surface area (Å²) in [5.74, 6) is 0. The van der Waals surface area contributed by atoms with Gasteiger partial charge in [0.15, 0.2) is 0 Å². The molecule has 0 fully saturated rings. The summed E-state index contributed by atoms with van der Waals surface area (Å²) < 4.78 is 78.2. The first-order valence-electron chi connectivity index (χ1n) is 7.84. The van der Waals surface area contributed by atoms with Crippen molar-refractivity contribution in [3.8, 4) is 0 Å². The molecule has 0 radical (unpaired) electrons. The zero-order valence-corrected chi connectivity index (χ0v) is 15.9. The number of halogens is 7. The number of nitro groups is 3. The van der Waals surface area contributed by atoms with E-state index in [4.69, 9.17) is 11.6 Å². The van der Waals surface area contributed by atoms with Crippen LogP contribution in [0.1, 0.15) is 11.1 Å². The molecule has 2 aromatic carbocycles. The molecule has 2 aromatic rings. The molecule has 0 spiro atoms. The maximum atomic E-state index is 13.1. The van der Waals surface area contributed by atoms with E-state index in [2.05, 4.69) is 0 Å². The molecule has 0 saturated heterocycles. The molecule has 176 valence electrons. The van der Waals surface area contributed by atoms with Gasteiger partial charge in [-0.1, -0.05) is 11.6 Å². The Hall–Kier alpha value is -4.02. The average molecular weight is 503 g/mol. The third kappa shape index (κ3) is 4.92. The van der Waals surface area contributed by atoms with Crippen LogP contribution in [0, 0.1) is 30.3 Å². The molecule has 0 heterocycles. The van der Waals surface area contributed by atoms with Crippen LogP contribution in [0.5, 0.6) is 0 Å². The summed E-state index contributed by atoms with van der Waals surface area (Å²) in [5.41, 5.74) is -11.3.